The largest absolute Gasteiger partial charge is 0.384 e. The van der Waals surface area contributed by atoms with Gasteiger partial charge in [-0.3, -0.25) is 4.98 Å². The second-order valence-electron chi connectivity index (χ2n) is 4.31. The third-order valence-electron chi connectivity index (χ3n) is 2.90. The lowest BCUT2D eigenvalue weighted by Gasteiger charge is -2.19. The molecule has 0 atom stereocenters. The van der Waals surface area contributed by atoms with Gasteiger partial charge in [0.05, 0.1) is 0 Å². The van der Waals surface area contributed by atoms with Gasteiger partial charge in [0.1, 0.15) is 11.5 Å². The third kappa shape index (κ3) is 3.13. The van der Waals surface area contributed by atoms with E-state index in [1.807, 2.05) is 6.92 Å². The summed E-state index contributed by atoms with van der Waals surface area (Å²) < 4.78 is 26.4. The van der Waals surface area contributed by atoms with Crippen LogP contribution in [0, 0.1) is 11.8 Å². The van der Waals surface area contributed by atoms with Crippen molar-refractivity contribution in [3.8, 4) is 11.8 Å². The number of sulfonamides is 1. The minimum atomic E-state index is -3.49. The molecule has 0 unspecified atom stereocenters. The number of rotatable bonds is 4. The first kappa shape index (κ1) is 14.0. The first-order valence-electron chi connectivity index (χ1n) is 6.16. The van der Waals surface area contributed by atoms with Gasteiger partial charge in [-0.05, 0) is 18.9 Å². The van der Waals surface area contributed by atoms with Crippen LogP contribution in [-0.2, 0) is 10.0 Å². The van der Waals surface area contributed by atoms with Gasteiger partial charge in [0.2, 0.25) is 10.0 Å². The quantitative estimate of drug-likeness (QED) is 0.820. The molecular weight excluding hydrogens is 264 g/mol. The van der Waals surface area contributed by atoms with Gasteiger partial charge in [0.25, 0.3) is 0 Å². The fraction of sp³-hybridized carbons (Fsp3) is 0.462. The summed E-state index contributed by atoms with van der Waals surface area (Å²) in [6, 6.07) is 1.62. The zero-order valence-electron chi connectivity index (χ0n) is 10.7. The highest BCUT2D eigenvalue weighted by Crippen LogP contribution is 2.31. The standard InChI is InChI=1S/C13H16N2O3S/c1-2-15(12-5-6-12)19(17,18)13-8-11(4-3-7-16)9-14-10-13/h8-10,12,16H,2,5-7H2,1H3. The van der Waals surface area contributed by atoms with E-state index in [4.69, 9.17) is 5.11 Å². The Morgan fingerprint density at radius 3 is 2.79 bits per heavy atom. The van der Waals surface area contributed by atoms with Gasteiger partial charge in [-0.2, -0.15) is 4.31 Å². The highest BCUT2D eigenvalue weighted by atomic mass is 32.2. The van der Waals surface area contributed by atoms with Crippen LogP contribution in [0.2, 0.25) is 0 Å². The average Bonchev–Trinajstić information content (AvgIpc) is 3.22. The lowest BCUT2D eigenvalue weighted by molar-refractivity contribution is 0.350. The van der Waals surface area contributed by atoms with Crippen molar-refractivity contribution in [2.45, 2.75) is 30.7 Å². The molecule has 0 saturated heterocycles. The van der Waals surface area contributed by atoms with Crippen LogP contribution in [0.1, 0.15) is 25.3 Å². The average molecular weight is 280 g/mol. The normalized spacial score (nSPS) is 15.1. The van der Waals surface area contributed by atoms with Crippen molar-refractivity contribution >= 4 is 10.0 Å². The Labute approximate surface area is 113 Å². The number of hydrogen-bond donors (Lipinski definition) is 1. The molecule has 1 aliphatic rings. The highest BCUT2D eigenvalue weighted by Gasteiger charge is 2.37. The zero-order valence-corrected chi connectivity index (χ0v) is 11.5. The molecular formula is C13H16N2O3S. The summed E-state index contributed by atoms with van der Waals surface area (Å²) in [6.45, 7) is 2.03. The molecule has 6 heteroatoms. The first-order chi connectivity index (χ1) is 9.09. The highest BCUT2D eigenvalue weighted by molar-refractivity contribution is 7.89. The molecule has 1 aliphatic carbocycles. The van der Waals surface area contributed by atoms with Crippen LogP contribution in [0.4, 0.5) is 0 Å². The second kappa shape index (κ2) is 5.70. The molecule has 0 spiro atoms. The second-order valence-corrected chi connectivity index (χ2v) is 6.20. The molecule has 2 rings (SSSR count). The topological polar surface area (TPSA) is 70.5 Å². The van der Waals surface area contributed by atoms with Crippen molar-refractivity contribution in [3.63, 3.8) is 0 Å². The predicted molar refractivity (Wildman–Crippen MR) is 70.8 cm³/mol. The summed E-state index contributed by atoms with van der Waals surface area (Å²) >= 11 is 0. The molecule has 19 heavy (non-hydrogen) atoms. The molecule has 0 amide bonds. The van der Waals surface area contributed by atoms with Gasteiger partial charge in [-0.25, -0.2) is 8.42 Å². The predicted octanol–water partition coefficient (Wildman–Crippen LogP) is 0.598. The molecule has 1 N–H and O–H groups in total. The molecule has 5 nitrogen and oxygen atoms in total. The van der Waals surface area contributed by atoms with Crippen molar-refractivity contribution in [2.75, 3.05) is 13.2 Å². The molecule has 102 valence electrons. The Kier molecular flexibility index (Phi) is 4.20. The summed E-state index contributed by atoms with van der Waals surface area (Å²) in [5.41, 5.74) is 0.488. The monoisotopic (exact) mass is 280 g/mol. The van der Waals surface area contributed by atoms with Crippen LogP contribution in [0.25, 0.3) is 0 Å². The summed E-state index contributed by atoms with van der Waals surface area (Å²) in [4.78, 5) is 4.07. The number of nitrogens with zero attached hydrogens (tertiary/aromatic N) is 2. The lowest BCUT2D eigenvalue weighted by Crippen LogP contribution is -2.33. The molecule has 0 radical (unpaired) electrons. The molecule has 0 bridgehead atoms. The lowest BCUT2D eigenvalue weighted by atomic mass is 10.3. The summed E-state index contributed by atoms with van der Waals surface area (Å²) in [7, 11) is -3.49. The van der Waals surface area contributed by atoms with E-state index in [-0.39, 0.29) is 17.5 Å². The van der Waals surface area contributed by atoms with E-state index in [1.54, 1.807) is 0 Å². The molecule has 1 aromatic rings. The van der Waals surface area contributed by atoms with Gasteiger partial charge in [-0.1, -0.05) is 18.8 Å². The Hall–Kier alpha value is -1.42. The number of pyridine rings is 1. The molecule has 1 aromatic heterocycles. The Morgan fingerprint density at radius 1 is 1.47 bits per heavy atom. The van der Waals surface area contributed by atoms with E-state index in [2.05, 4.69) is 16.8 Å². The van der Waals surface area contributed by atoms with Crippen molar-refractivity contribution in [1.29, 1.82) is 0 Å². The van der Waals surface area contributed by atoms with Gasteiger partial charge in [-0.15, -0.1) is 0 Å². The smallest absolute Gasteiger partial charge is 0.244 e. The van der Waals surface area contributed by atoms with Gasteiger partial charge < -0.3 is 5.11 Å². The van der Waals surface area contributed by atoms with E-state index in [0.717, 1.165) is 12.8 Å². The van der Waals surface area contributed by atoms with Crippen LogP contribution in [0.15, 0.2) is 23.4 Å². The minimum absolute atomic E-state index is 0.127. The molecule has 1 saturated carbocycles. The molecule has 1 fully saturated rings. The third-order valence-corrected chi connectivity index (χ3v) is 4.89. The Balaban J connectivity index is 2.34. The van der Waals surface area contributed by atoms with E-state index < -0.39 is 10.0 Å². The maximum atomic E-state index is 12.5. The fourth-order valence-corrected chi connectivity index (χ4v) is 3.58. The first-order valence-corrected chi connectivity index (χ1v) is 7.60. The van der Waals surface area contributed by atoms with E-state index in [9.17, 15) is 8.42 Å². The van der Waals surface area contributed by atoms with Crippen molar-refractivity contribution in [3.05, 3.63) is 24.0 Å². The van der Waals surface area contributed by atoms with Crippen LogP contribution in [0.3, 0.4) is 0 Å². The Bertz CT molecular complexity index is 612. The Morgan fingerprint density at radius 2 is 2.21 bits per heavy atom. The van der Waals surface area contributed by atoms with Crippen LogP contribution in [-0.4, -0.2) is 42.0 Å². The summed E-state index contributed by atoms with van der Waals surface area (Å²) in [5.74, 6) is 5.14. The number of aliphatic hydroxyl groups is 1. The molecule has 1 heterocycles. The maximum Gasteiger partial charge on any atom is 0.244 e. The van der Waals surface area contributed by atoms with Gasteiger partial charge >= 0.3 is 0 Å². The fourth-order valence-electron chi connectivity index (χ4n) is 1.89. The van der Waals surface area contributed by atoms with Crippen molar-refractivity contribution in [2.24, 2.45) is 0 Å². The minimum Gasteiger partial charge on any atom is -0.384 e. The number of hydrogen-bond acceptors (Lipinski definition) is 4. The SMILES string of the molecule is CCN(C1CC1)S(=O)(=O)c1cncc(C#CCO)c1. The van der Waals surface area contributed by atoms with Crippen LogP contribution < -0.4 is 0 Å². The zero-order chi connectivity index (χ0) is 13.9. The summed E-state index contributed by atoms with van der Waals surface area (Å²) in [6.07, 6.45) is 4.66. The molecule has 0 aromatic carbocycles. The molecule has 0 aliphatic heterocycles. The van der Waals surface area contributed by atoms with Gasteiger partial charge in [0, 0.05) is 30.5 Å². The number of aromatic nitrogens is 1. The van der Waals surface area contributed by atoms with Crippen LogP contribution >= 0.6 is 0 Å². The van der Waals surface area contributed by atoms with E-state index in [1.165, 1.54) is 22.8 Å². The van der Waals surface area contributed by atoms with Gasteiger partial charge in [0.15, 0.2) is 0 Å². The van der Waals surface area contributed by atoms with E-state index >= 15 is 0 Å². The van der Waals surface area contributed by atoms with Crippen molar-refractivity contribution in [1.82, 2.24) is 9.29 Å². The summed E-state index contributed by atoms with van der Waals surface area (Å²) in [5, 5.41) is 8.64. The number of aliphatic hydroxyl groups excluding tert-OH is 1. The van der Waals surface area contributed by atoms with Crippen LogP contribution in [0.5, 0.6) is 0 Å². The van der Waals surface area contributed by atoms with Crippen molar-refractivity contribution < 1.29 is 13.5 Å². The van der Waals surface area contributed by atoms with E-state index in [0.29, 0.717) is 12.1 Å². The maximum absolute atomic E-state index is 12.5.